The van der Waals surface area contributed by atoms with E-state index >= 15 is 0 Å². The standard InChI is InChI=1S/C36H34N2O9/c1-44-33(40)31-27-17-22-15-20(27)16-29(31)37-32(39)30(14-19-10-12-21(13-11-19)46-34(41)35(42)47-22)38-36(43)45-18-28-25-8-4-2-6-23(25)24-7-3-5-9-26(24)28/h2-13,20,22,27-31H,14-18H2,1H3,(H,37,39)(H,38,43)/t20-,22-,27-,29-,30+,31+/m1/s1. The van der Waals surface area contributed by atoms with Gasteiger partial charge in [0.2, 0.25) is 5.91 Å². The van der Waals surface area contributed by atoms with Gasteiger partial charge in [-0.05, 0) is 71.0 Å². The van der Waals surface area contributed by atoms with E-state index in [1.807, 2.05) is 36.4 Å². The summed E-state index contributed by atoms with van der Waals surface area (Å²) in [5, 5.41) is 5.76. The molecule has 11 heteroatoms. The van der Waals surface area contributed by atoms with Crippen molar-refractivity contribution in [3.63, 3.8) is 0 Å². The van der Waals surface area contributed by atoms with Crippen LogP contribution in [0.3, 0.4) is 0 Å². The molecule has 7 aliphatic rings. The molecule has 11 nitrogen and oxygen atoms in total. The molecular formula is C36H34N2O9. The summed E-state index contributed by atoms with van der Waals surface area (Å²) in [6.45, 7) is 0.0760. The number of ether oxygens (including phenoxy) is 4. The highest BCUT2D eigenvalue weighted by molar-refractivity contribution is 6.30. The zero-order chi connectivity index (χ0) is 32.7. The first-order valence-corrected chi connectivity index (χ1v) is 15.8. The Morgan fingerprint density at radius 2 is 1.55 bits per heavy atom. The van der Waals surface area contributed by atoms with E-state index in [-0.39, 0.29) is 36.5 Å². The molecule has 2 N–H and O–H groups in total. The summed E-state index contributed by atoms with van der Waals surface area (Å²) < 4.78 is 21.5. The summed E-state index contributed by atoms with van der Waals surface area (Å²) in [6, 6.07) is 20.7. The number of nitrogens with one attached hydrogen (secondary N) is 2. The number of amides is 2. The van der Waals surface area contributed by atoms with Gasteiger partial charge in [0, 0.05) is 18.4 Å². The third-order valence-electron chi connectivity index (χ3n) is 9.92. The van der Waals surface area contributed by atoms with E-state index in [0.717, 1.165) is 22.3 Å². The average molecular weight is 639 g/mol. The predicted molar refractivity (Wildman–Crippen MR) is 166 cm³/mol. The fraction of sp³-hybridized carbons (Fsp3) is 0.361. The van der Waals surface area contributed by atoms with Crippen molar-refractivity contribution in [2.24, 2.45) is 17.8 Å². The van der Waals surface area contributed by atoms with E-state index in [1.165, 1.54) is 19.2 Å². The molecule has 3 aromatic rings. The molecule has 0 radical (unpaired) electrons. The van der Waals surface area contributed by atoms with Gasteiger partial charge >= 0.3 is 24.0 Å². The Labute approximate surface area is 270 Å². The van der Waals surface area contributed by atoms with Crippen molar-refractivity contribution in [3.05, 3.63) is 89.5 Å². The maximum absolute atomic E-state index is 13.9. The minimum atomic E-state index is -1.15. The first kappa shape index (κ1) is 30.5. The number of hydrogen-bond donors (Lipinski definition) is 2. The molecular weight excluding hydrogens is 604 g/mol. The Morgan fingerprint density at radius 3 is 2.23 bits per heavy atom. The maximum atomic E-state index is 13.9. The van der Waals surface area contributed by atoms with Gasteiger partial charge in [-0.1, -0.05) is 60.7 Å². The maximum Gasteiger partial charge on any atom is 0.422 e. The second kappa shape index (κ2) is 12.5. The minimum absolute atomic E-state index is 0.0503. The summed E-state index contributed by atoms with van der Waals surface area (Å²) >= 11 is 0. The number of hydrogen-bond acceptors (Lipinski definition) is 9. The zero-order valence-corrected chi connectivity index (χ0v) is 25.7. The molecule has 0 unspecified atom stereocenters. The lowest BCUT2D eigenvalue weighted by molar-refractivity contribution is -0.166. The summed E-state index contributed by atoms with van der Waals surface area (Å²) in [6.07, 6.45) is -0.0350. The second-order valence-corrected chi connectivity index (χ2v) is 12.6. The molecule has 3 aromatic carbocycles. The van der Waals surface area contributed by atoms with Gasteiger partial charge in [-0.25, -0.2) is 14.4 Å². The summed E-state index contributed by atoms with van der Waals surface area (Å²) in [5.41, 5.74) is 4.98. The van der Waals surface area contributed by atoms with Crippen molar-refractivity contribution in [1.29, 1.82) is 0 Å². The van der Waals surface area contributed by atoms with Crippen LogP contribution in [0.1, 0.15) is 41.9 Å². The first-order chi connectivity index (χ1) is 22.8. The van der Waals surface area contributed by atoms with Crippen molar-refractivity contribution in [2.45, 2.75) is 49.8 Å². The first-order valence-electron chi connectivity index (χ1n) is 15.8. The lowest BCUT2D eigenvalue weighted by atomic mass is 9.90. The van der Waals surface area contributed by atoms with Crippen molar-refractivity contribution >= 4 is 29.9 Å². The molecule has 4 aliphatic heterocycles. The van der Waals surface area contributed by atoms with Crippen LogP contribution >= 0.6 is 0 Å². The van der Waals surface area contributed by atoms with Gasteiger partial charge in [-0.3, -0.25) is 9.59 Å². The summed E-state index contributed by atoms with van der Waals surface area (Å²) in [7, 11) is 1.29. The van der Waals surface area contributed by atoms with E-state index in [0.29, 0.717) is 24.8 Å². The Kier molecular flexibility index (Phi) is 8.13. The van der Waals surface area contributed by atoms with Crippen LogP contribution in [-0.4, -0.2) is 61.8 Å². The van der Waals surface area contributed by atoms with E-state index in [1.54, 1.807) is 12.1 Å². The number of carbonyl (C=O) groups excluding carboxylic acids is 5. The van der Waals surface area contributed by atoms with Gasteiger partial charge in [-0.2, -0.15) is 0 Å². The van der Waals surface area contributed by atoms with Gasteiger partial charge in [0.1, 0.15) is 24.5 Å². The number of esters is 3. The van der Waals surface area contributed by atoms with Gasteiger partial charge in [0.25, 0.3) is 0 Å². The van der Waals surface area contributed by atoms with Crippen LogP contribution in [0.5, 0.6) is 5.75 Å². The van der Waals surface area contributed by atoms with Gasteiger partial charge in [0.05, 0.1) is 13.0 Å². The van der Waals surface area contributed by atoms with E-state index < -0.39 is 54.0 Å². The van der Waals surface area contributed by atoms with Gasteiger partial charge in [0.15, 0.2) is 0 Å². The molecule has 0 spiro atoms. The molecule has 2 amide bonds. The Bertz CT molecular complexity index is 1690. The fourth-order valence-electron chi connectivity index (χ4n) is 7.86. The lowest BCUT2D eigenvalue weighted by Crippen LogP contribution is -2.52. The van der Waals surface area contributed by atoms with Crippen LogP contribution in [0.2, 0.25) is 0 Å². The largest absolute Gasteiger partial charge is 0.469 e. The Morgan fingerprint density at radius 1 is 0.872 bits per heavy atom. The second-order valence-electron chi connectivity index (χ2n) is 12.6. The number of alkyl carbamates (subject to hydrolysis) is 1. The van der Waals surface area contributed by atoms with Crippen molar-refractivity contribution < 1.29 is 42.9 Å². The van der Waals surface area contributed by atoms with E-state index in [4.69, 9.17) is 18.9 Å². The average Bonchev–Trinajstić information content (AvgIpc) is 3.72. The highest BCUT2D eigenvalue weighted by Gasteiger charge is 2.53. The lowest BCUT2D eigenvalue weighted by Gasteiger charge is -2.26. The van der Waals surface area contributed by atoms with Crippen LogP contribution in [0.25, 0.3) is 11.1 Å². The van der Waals surface area contributed by atoms with Crippen LogP contribution in [0, 0.1) is 17.8 Å². The normalized spacial score (nSPS) is 26.4. The number of carbonyl (C=O) groups is 5. The van der Waals surface area contributed by atoms with Crippen LogP contribution < -0.4 is 15.4 Å². The third-order valence-corrected chi connectivity index (χ3v) is 9.92. The van der Waals surface area contributed by atoms with E-state index in [9.17, 15) is 24.0 Å². The quantitative estimate of drug-likeness (QED) is 0.189. The molecule has 47 heavy (non-hydrogen) atoms. The van der Waals surface area contributed by atoms with Crippen molar-refractivity contribution in [1.82, 2.24) is 10.6 Å². The fourth-order valence-corrected chi connectivity index (χ4v) is 7.86. The molecule has 3 aliphatic carbocycles. The van der Waals surface area contributed by atoms with Crippen molar-refractivity contribution in [2.75, 3.05) is 13.7 Å². The molecule has 10 rings (SSSR count). The number of methoxy groups -OCH3 is 1. The monoisotopic (exact) mass is 638 g/mol. The molecule has 6 atom stereocenters. The van der Waals surface area contributed by atoms with Gasteiger partial charge < -0.3 is 29.6 Å². The van der Waals surface area contributed by atoms with E-state index in [2.05, 4.69) is 22.8 Å². The number of rotatable bonds is 4. The Balaban J connectivity index is 1.12. The third kappa shape index (κ3) is 5.93. The molecule has 2 fully saturated rings. The topological polar surface area (TPSA) is 146 Å². The van der Waals surface area contributed by atoms with Crippen LogP contribution in [0.4, 0.5) is 4.79 Å². The molecule has 0 saturated heterocycles. The smallest absolute Gasteiger partial charge is 0.422 e. The SMILES string of the molecule is COC(=O)[C@H]1[C@@H]2C[C@H]3C[C@@H]2C[C@H]1NC(=O)[C@@H](NC(=O)OCC1c2ccccc2-c2ccccc21)Cc1ccc(cc1)OC(=O)C(=O)O3. The van der Waals surface area contributed by atoms with Crippen molar-refractivity contribution in [3.8, 4) is 16.9 Å². The van der Waals surface area contributed by atoms with Crippen LogP contribution in [0.15, 0.2) is 72.8 Å². The highest BCUT2D eigenvalue weighted by atomic mass is 16.6. The van der Waals surface area contributed by atoms with Gasteiger partial charge in [-0.15, -0.1) is 0 Å². The minimum Gasteiger partial charge on any atom is -0.469 e. The Hall–Kier alpha value is -5.19. The number of fused-ring (bicyclic) bond motifs is 3. The molecule has 0 aromatic heterocycles. The zero-order valence-electron chi connectivity index (χ0n) is 25.7. The molecule has 2 saturated carbocycles. The molecule has 4 heterocycles. The number of benzene rings is 3. The predicted octanol–water partition coefficient (Wildman–Crippen LogP) is 3.67. The molecule has 242 valence electrons. The summed E-state index contributed by atoms with van der Waals surface area (Å²) in [4.78, 5) is 65.1. The molecule has 6 bridgehead atoms. The van der Waals surface area contributed by atoms with Crippen LogP contribution in [-0.2, 0) is 39.8 Å². The highest BCUT2D eigenvalue weighted by Crippen LogP contribution is 2.49. The summed E-state index contributed by atoms with van der Waals surface area (Å²) in [5.74, 6) is -4.19.